The molecule has 2 saturated carbocycles. The third-order valence-electron chi connectivity index (χ3n) is 8.85. The standard InChI is InChI=1S/C28H28F6N6O3/c1-13(14-2-3-14)39-12-16-10-15(11-18(27(29,30)31)20(16)25(39)42)19-6-9-40-23(37-19)21(22(35)38-40)24(41)36-17-4-7-26(43,8-5-17)28(32,33)34/h6,9-11,13-14,17,43H,2-5,7-8,12H2,1H3,(H2,35,38)(H,36,41)/t13-,17?,26?/m0/s1. The van der Waals surface area contributed by atoms with E-state index in [9.17, 15) is 41.0 Å². The summed E-state index contributed by atoms with van der Waals surface area (Å²) >= 11 is 0. The number of anilines is 1. The zero-order chi connectivity index (χ0) is 31.1. The van der Waals surface area contributed by atoms with E-state index in [1.165, 1.54) is 27.7 Å². The Hall–Kier alpha value is -3.88. The molecule has 3 heterocycles. The number of benzene rings is 1. The number of nitrogen functional groups attached to an aromatic ring is 1. The fraction of sp³-hybridized carbons (Fsp3) is 0.500. The van der Waals surface area contributed by atoms with Crippen molar-refractivity contribution in [2.45, 2.75) is 82.0 Å². The molecule has 1 aromatic carbocycles. The minimum absolute atomic E-state index is 0.0309. The second-order valence-corrected chi connectivity index (χ2v) is 11.7. The van der Waals surface area contributed by atoms with Crippen LogP contribution in [0.3, 0.4) is 0 Å². The number of nitrogens with one attached hydrogen (secondary N) is 1. The number of carbonyl (C=O) groups is 2. The molecule has 0 unspecified atom stereocenters. The van der Waals surface area contributed by atoms with Gasteiger partial charge in [0.2, 0.25) is 0 Å². The fourth-order valence-corrected chi connectivity index (χ4v) is 6.12. The molecule has 0 spiro atoms. The van der Waals surface area contributed by atoms with Crippen LogP contribution < -0.4 is 11.1 Å². The first-order chi connectivity index (χ1) is 20.1. The van der Waals surface area contributed by atoms with Crippen molar-refractivity contribution in [2.75, 3.05) is 5.73 Å². The van der Waals surface area contributed by atoms with E-state index in [4.69, 9.17) is 5.73 Å². The highest BCUT2D eigenvalue weighted by atomic mass is 19.4. The normalized spacial score (nSPS) is 23.5. The van der Waals surface area contributed by atoms with E-state index in [2.05, 4.69) is 15.4 Å². The van der Waals surface area contributed by atoms with Crippen LogP contribution in [0.25, 0.3) is 16.9 Å². The molecule has 2 amide bonds. The zero-order valence-corrected chi connectivity index (χ0v) is 22.9. The molecular formula is C28H28F6N6O3. The Bertz CT molecular complexity index is 1620. The maximum atomic E-state index is 14.2. The van der Waals surface area contributed by atoms with E-state index >= 15 is 0 Å². The highest BCUT2D eigenvalue weighted by molar-refractivity contribution is 6.04. The number of hydrogen-bond donors (Lipinski definition) is 3. The van der Waals surface area contributed by atoms with Gasteiger partial charge in [0.1, 0.15) is 5.56 Å². The van der Waals surface area contributed by atoms with Gasteiger partial charge in [-0.05, 0) is 75.1 Å². The molecule has 2 aliphatic carbocycles. The molecule has 3 aliphatic rings. The zero-order valence-electron chi connectivity index (χ0n) is 22.9. The molecule has 230 valence electrons. The monoisotopic (exact) mass is 610 g/mol. The Labute approximate surface area is 241 Å². The van der Waals surface area contributed by atoms with Gasteiger partial charge in [0, 0.05) is 30.4 Å². The average molecular weight is 611 g/mol. The number of aliphatic hydroxyl groups is 1. The molecule has 9 nitrogen and oxygen atoms in total. The van der Waals surface area contributed by atoms with Crippen LogP contribution in [0.15, 0.2) is 24.4 Å². The lowest BCUT2D eigenvalue weighted by Crippen LogP contribution is -2.51. The maximum absolute atomic E-state index is 14.2. The van der Waals surface area contributed by atoms with Gasteiger partial charge in [-0.1, -0.05) is 0 Å². The molecule has 2 aromatic heterocycles. The topological polar surface area (TPSA) is 126 Å². The van der Waals surface area contributed by atoms with E-state index in [1.54, 1.807) is 0 Å². The summed E-state index contributed by atoms with van der Waals surface area (Å²) < 4.78 is 83.3. The molecular weight excluding hydrogens is 582 g/mol. The predicted molar refractivity (Wildman–Crippen MR) is 141 cm³/mol. The molecule has 0 saturated heterocycles. The summed E-state index contributed by atoms with van der Waals surface area (Å²) in [5.41, 5.74) is 1.84. The minimum Gasteiger partial charge on any atom is -0.381 e. The van der Waals surface area contributed by atoms with Crippen molar-refractivity contribution in [1.29, 1.82) is 0 Å². The number of fused-ring (bicyclic) bond motifs is 2. The number of hydrogen-bond acceptors (Lipinski definition) is 6. The van der Waals surface area contributed by atoms with Gasteiger partial charge in [-0.3, -0.25) is 9.59 Å². The van der Waals surface area contributed by atoms with Gasteiger partial charge in [0.25, 0.3) is 11.8 Å². The molecule has 0 bridgehead atoms. The Morgan fingerprint density at radius 3 is 2.42 bits per heavy atom. The van der Waals surface area contributed by atoms with Gasteiger partial charge in [-0.2, -0.15) is 26.3 Å². The maximum Gasteiger partial charge on any atom is 0.417 e. The van der Waals surface area contributed by atoms with Crippen LogP contribution in [0.5, 0.6) is 0 Å². The Morgan fingerprint density at radius 1 is 1.14 bits per heavy atom. The summed E-state index contributed by atoms with van der Waals surface area (Å²) in [6.45, 7) is 1.87. The number of rotatable bonds is 5. The highest BCUT2D eigenvalue weighted by Crippen LogP contribution is 2.44. The number of nitrogens with zero attached hydrogens (tertiary/aromatic N) is 4. The molecule has 1 aliphatic heterocycles. The van der Waals surface area contributed by atoms with E-state index in [0.29, 0.717) is 0 Å². The van der Waals surface area contributed by atoms with Gasteiger partial charge in [-0.15, -0.1) is 5.10 Å². The van der Waals surface area contributed by atoms with Crippen molar-refractivity contribution in [1.82, 2.24) is 24.8 Å². The second kappa shape index (κ2) is 9.82. The van der Waals surface area contributed by atoms with Crippen molar-refractivity contribution >= 4 is 23.3 Å². The van der Waals surface area contributed by atoms with Crippen LogP contribution >= 0.6 is 0 Å². The fourth-order valence-electron chi connectivity index (χ4n) is 6.12. The van der Waals surface area contributed by atoms with Crippen LogP contribution in [-0.2, 0) is 12.7 Å². The third-order valence-corrected chi connectivity index (χ3v) is 8.85. The summed E-state index contributed by atoms with van der Waals surface area (Å²) in [5, 5.41) is 16.6. The van der Waals surface area contributed by atoms with Gasteiger partial charge in [0.15, 0.2) is 17.1 Å². The molecule has 0 radical (unpaired) electrons. The molecule has 6 rings (SSSR count). The quantitative estimate of drug-likeness (QED) is 0.359. The van der Waals surface area contributed by atoms with Crippen molar-refractivity contribution < 1.29 is 41.0 Å². The summed E-state index contributed by atoms with van der Waals surface area (Å²) in [6.07, 6.45) is -7.84. The Kier molecular flexibility index (Phi) is 6.67. The molecule has 43 heavy (non-hydrogen) atoms. The van der Waals surface area contributed by atoms with E-state index in [0.717, 1.165) is 18.9 Å². The van der Waals surface area contributed by atoms with Crippen LogP contribution in [0, 0.1) is 5.92 Å². The van der Waals surface area contributed by atoms with Crippen molar-refractivity contribution in [2.24, 2.45) is 5.92 Å². The molecule has 4 N–H and O–H groups in total. The van der Waals surface area contributed by atoms with Crippen LogP contribution in [0.1, 0.15) is 77.3 Å². The van der Waals surface area contributed by atoms with Gasteiger partial charge in [-0.25, -0.2) is 9.50 Å². The lowest BCUT2D eigenvalue weighted by molar-refractivity contribution is -0.270. The van der Waals surface area contributed by atoms with Crippen LogP contribution in [0.2, 0.25) is 0 Å². The smallest absolute Gasteiger partial charge is 0.381 e. The minimum atomic E-state index is -4.82. The lowest BCUT2D eigenvalue weighted by Gasteiger charge is -2.37. The second-order valence-electron chi connectivity index (χ2n) is 11.7. The summed E-state index contributed by atoms with van der Waals surface area (Å²) in [7, 11) is 0. The van der Waals surface area contributed by atoms with Crippen LogP contribution in [0.4, 0.5) is 32.2 Å². The number of aromatic nitrogens is 3. The summed E-state index contributed by atoms with van der Waals surface area (Å²) in [5.74, 6) is -1.39. The molecule has 3 aromatic rings. The highest BCUT2D eigenvalue weighted by Gasteiger charge is 2.54. The molecule has 15 heteroatoms. The summed E-state index contributed by atoms with van der Waals surface area (Å²) in [6, 6.07) is 2.89. The van der Waals surface area contributed by atoms with E-state index in [1.807, 2.05) is 6.92 Å². The van der Waals surface area contributed by atoms with Crippen molar-refractivity contribution in [3.8, 4) is 11.3 Å². The van der Waals surface area contributed by atoms with E-state index in [-0.39, 0.29) is 70.8 Å². The van der Waals surface area contributed by atoms with Gasteiger partial charge in [0.05, 0.1) is 16.8 Å². The first-order valence-corrected chi connectivity index (χ1v) is 13.9. The molecule has 2 fully saturated rings. The molecule has 1 atom stereocenters. The predicted octanol–water partition coefficient (Wildman–Crippen LogP) is 4.72. The lowest BCUT2D eigenvalue weighted by atomic mass is 9.81. The first kappa shape index (κ1) is 29.2. The van der Waals surface area contributed by atoms with Crippen molar-refractivity contribution in [3.63, 3.8) is 0 Å². The SMILES string of the molecule is C[C@@H](C1CC1)N1Cc2cc(-c3ccn4nc(N)c(C(=O)NC5CCC(O)(C(F)(F)F)CC5)c4n3)cc(C(F)(F)F)c2C1=O. The Morgan fingerprint density at radius 2 is 1.81 bits per heavy atom. The Balaban J connectivity index is 1.31. The van der Waals surface area contributed by atoms with Gasteiger partial charge >= 0.3 is 12.4 Å². The number of amides is 2. The number of nitrogens with two attached hydrogens (primary N) is 1. The number of halogens is 6. The summed E-state index contributed by atoms with van der Waals surface area (Å²) in [4.78, 5) is 32.2. The third kappa shape index (κ3) is 5.06. The number of carbonyl (C=O) groups excluding carboxylic acids is 2. The average Bonchev–Trinajstić information content (AvgIpc) is 3.65. The largest absolute Gasteiger partial charge is 0.417 e. The number of alkyl halides is 6. The van der Waals surface area contributed by atoms with E-state index < -0.39 is 54.2 Å². The van der Waals surface area contributed by atoms with Crippen LogP contribution in [-0.4, -0.2) is 60.3 Å². The van der Waals surface area contributed by atoms with Crippen molar-refractivity contribution in [3.05, 3.63) is 46.6 Å². The first-order valence-electron chi connectivity index (χ1n) is 13.9. The van der Waals surface area contributed by atoms with Gasteiger partial charge < -0.3 is 21.1 Å².